The maximum Gasteiger partial charge on any atom is 0.341 e. The van der Waals surface area contributed by atoms with Crippen molar-refractivity contribution in [3.63, 3.8) is 0 Å². The van der Waals surface area contributed by atoms with Crippen molar-refractivity contribution in [1.29, 1.82) is 5.41 Å². The van der Waals surface area contributed by atoms with Crippen LogP contribution >= 0.6 is 0 Å². The van der Waals surface area contributed by atoms with Crippen LogP contribution in [-0.4, -0.2) is 140 Å². The zero-order chi connectivity index (χ0) is 34.9. The lowest BCUT2D eigenvalue weighted by molar-refractivity contribution is -0.344. The molecule has 0 radical (unpaired) electrons. The van der Waals surface area contributed by atoms with Crippen LogP contribution < -0.4 is 0 Å². The first-order valence-corrected chi connectivity index (χ1v) is 14.8. The fourth-order valence-corrected chi connectivity index (χ4v) is 5.87. The fraction of sp³-hybridized carbons (Fsp3) is 0.759. The summed E-state index contributed by atoms with van der Waals surface area (Å²) in [5.74, 6) is -6.21. The minimum atomic E-state index is -2.92. The maximum absolute atomic E-state index is 12.6. The van der Waals surface area contributed by atoms with Crippen LogP contribution in [0, 0.1) is 11.3 Å². The van der Waals surface area contributed by atoms with Gasteiger partial charge in [-0.2, -0.15) is 0 Å². The first-order chi connectivity index (χ1) is 21.3. The third-order valence-electron chi connectivity index (χ3n) is 8.91. The van der Waals surface area contributed by atoms with Crippen LogP contribution in [0.4, 0.5) is 0 Å². The van der Waals surface area contributed by atoms with E-state index >= 15 is 0 Å². The van der Waals surface area contributed by atoms with Crippen LogP contribution in [0.5, 0.6) is 0 Å². The first-order valence-electron chi connectivity index (χ1n) is 14.8. The molecule has 12 atom stereocenters. The lowest BCUT2D eigenvalue weighted by atomic mass is 9.74. The van der Waals surface area contributed by atoms with Crippen molar-refractivity contribution < 1.29 is 78.2 Å². The summed E-state index contributed by atoms with van der Waals surface area (Å²) in [6.07, 6.45) is -14.8. The second-order valence-corrected chi connectivity index (χ2v) is 11.9. The molecule has 0 amide bonds. The number of ether oxygens (including phenoxy) is 6. The molecule has 260 valence electrons. The number of methoxy groups -OCH3 is 1. The van der Waals surface area contributed by atoms with E-state index in [1.165, 1.54) is 21.0 Å². The summed E-state index contributed by atoms with van der Waals surface area (Å²) >= 11 is 0. The smallest absolute Gasteiger partial charge is 0.341 e. The minimum absolute atomic E-state index is 0.243. The highest BCUT2D eigenvalue weighted by molar-refractivity contribution is 6.51. The summed E-state index contributed by atoms with van der Waals surface area (Å²) in [5, 5.41) is 73.7. The Hall–Kier alpha value is -3.03. The molecule has 46 heavy (non-hydrogen) atoms. The average molecular weight is 662 g/mol. The summed E-state index contributed by atoms with van der Waals surface area (Å²) in [5.41, 5.74) is -7.10. The number of nitrogens with one attached hydrogen (secondary N) is 1. The van der Waals surface area contributed by atoms with Crippen LogP contribution in [-0.2, 0) is 47.6 Å². The predicted octanol–water partition coefficient (Wildman–Crippen LogP) is -1.10. The number of carboxylic acids is 1. The number of aliphatic carboxylic acids is 1. The monoisotopic (exact) mass is 661 g/mol. The molecule has 2 saturated heterocycles. The van der Waals surface area contributed by atoms with Gasteiger partial charge in [0, 0.05) is 20.5 Å². The predicted molar refractivity (Wildman–Crippen MR) is 151 cm³/mol. The number of carbonyl (C=O) groups is 4. The molecule has 2 heterocycles. The van der Waals surface area contributed by atoms with E-state index in [1.54, 1.807) is 13.8 Å². The Balaban J connectivity index is 1.95. The van der Waals surface area contributed by atoms with Crippen LogP contribution in [0.1, 0.15) is 53.9 Å². The Morgan fingerprint density at radius 2 is 1.76 bits per heavy atom. The van der Waals surface area contributed by atoms with Gasteiger partial charge in [0.05, 0.1) is 24.5 Å². The largest absolute Gasteiger partial charge is 0.508 e. The molecule has 0 saturated carbocycles. The van der Waals surface area contributed by atoms with Gasteiger partial charge in [-0.1, -0.05) is 13.8 Å². The number of Topliss-reactive ketones (excluding diaryl/α,β-unsaturated/α-hetero) is 1. The van der Waals surface area contributed by atoms with Crippen molar-refractivity contribution in [3.05, 3.63) is 11.3 Å². The van der Waals surface area contributed by atoms with Crippen molar-refractivity contribution in [1.82, 2.24) is 0 Å². The summed E-state index contributed by atoms with van der Waals surface area (Å²) in [7, 11) is 1.29. The number of aliphatic hydroxyl groups excluding tert-OH is 3. The molecule has 0 spiro atoms. The number of hydrogen-bond acceptors (Lipinski definition) is 16. The molecule has 0 aromatic heterocycles. The first kappa shape index (κ1) is 37.4. The van der Waals surface area contributed by atoms with Crippen molar-refractivity contribution in [2.24, 2.45) is 5.92 Å². The van der Waals surface area contributed by atoms with E-state index in [4.69, 9.17) is 33.8 Å². The van der Waals surface area contributed by atoms with Crippen molar-refractivity contribution in [3.8, 4) is 0 Å². The van der Waals surface area contributed by atoms with E-state index < -0.39 is 126 Å². The Morgan fingerprint density at radius 1 is 1.13 bits per heavy atom. The summed E-state index contributed by atoms with van der Waals surface area (Å²) in [6, 6.07) is 0. The molecule has 17 heteroatoms. The highest BCUT2D eigenvalue weighted by Crippen LogP contribution is 2.41. The van der Waals surface area contributed by atoms with Gasteiger partial charge in [-0.25, -0.2) is 4.79 Å². The SMILES string of the molecule is CC[C@H](C)C(=O)O[C@@H](C)[C@@]1(O)[C@H](C)O[C@H](O[C@H]2[C@@H](O)[C@H]([C@@]3(O)CC(=O)C(=N)C(C(=O)O)=C3O)O[C@H](COC(C)=O)[C@H]2O)C[C@@H]1OC. The number of rotatable bonds is 11. The minimum Gasteiger partial charge on any atom is -0.508 e. The number of carbonyl (C=O) groups excluding carboxylic acids is 3. The highest BCUT2D eigenvalue weighted by atomic mass is 16.7. The van der Waals surface area contributed by atoms with Gasteiger partial charge in [0.15, 0.2) is 23.3 Å². The second-order valence-electron chi connectivity index (χ2n) is 11.9. The summed E-state index contributed by atoms with van der Waals surface area (Å²) < 4.78 is 33.4. The van der Waals surface area contributed by atoms with E-state index in [9.17, 15) is 49.8 Å². The Kier molecular flexibility index (Phi) is 11.7. The second kappa shape index (κ2) is 14.4. The van der Waals surface area contributed by atoms with Crippen LogP contribution in [0.2, 0.25) is 0 Å². The molecule has 3 rings (SSSR count). The molecule has 2 fully saturated rings. The molecule has 0 aromatic carbocycles. The van der Waals surface area contributed by atoms with E-state index in [1.807, 2.05) is 0 Å². The van der Waals surface area contributed by atoms with Gasteiger partial charge in [0.2, 0.25) is 0 Å². The van der Waals surface area contributed by atoms with E-state index in [0.29, 0.717) is 6.42 Å². The van der Waals surface area contributed by atoms with Crippen molar-refractivity contribution >= 4 is 29.4 Å². The normalized spacial score (nSPS) is 38.2. The quantitative estimate of drug-likeness (QED) is 0.130. The van der Waals surface area contributed by atoms with Gasteiger partial charge < -0.3 is 59.1 Å². The van der Waals surface area contributed by atoms with Gasteiger partial charge in [-0.15, -0.1) is 0 Å². The summed E-state index contributed by atoms with van der Waals surface area (Å²) in [6.45, 7) is 6.81. The molecule has 2 aliphatic heterocycles. The van der Waals surface area contributed by atoms with E-state index in [0.717, 1.165) is 6.92 Å². The number of hydrogen-bond donors (Lipinski definition) is 7. The fourth-order valence-electron chi connectivity index (χ4n) is 5.87. The van der Waals surface area contributed by atoms with Crippen LogP contribution in [0.15, 0.2) is 11.3 Å². The molecule has 0 bridgehead atoms. The molecule has 7 N–H and O–H groups in total. The van der Waals surface area contributed by atoms with Gasteiger partial charge in [0.1, 0.15) is 60.3 Å². The van der Waals surface area contributed by atoms with Gasteiger partial charge in [-0.3, -0.25) is 19.8 Å². The van der Waals surface area contributed by atoms with Gasteiger partial charge in [0.25, 0.3) is 0 Å². The summed E-state index contributed by atoms with van der Waals surface area (Å²) in [4.78, 5) is 48.3. The zero-order valence-electron chi connectivity index (χ0n) is 26.4. The van der Waals surface area contributed by atoms with Crippen LogP contribution in [0.25, 0.3) is 0 Å². The van der Waals surface area contributed by atoms with Crippen molar-refractivity contribution in [2.45, 2.75) is 120 Å². The molecule has 1 aliphatic carbocycles. The zero-order valence-corrected chi connectivity index (χ0v) is 26.4. The molecule has 17 nitrogen and oxygen atoms in total. The number of ketones is 1. The lowest BCUT2D eigenvalue weighted by Crippen LogP contribution is -2.69. The lowest BCUT2D eigenvalue weighted by Gasteiger charge is -2.51. The standard InChI is InChI=1S/C29H43NO16/c1-7-11(2)27(38)44-13(4)29(40)12(3)43-18(8-17(29)41-6)46-23-21(33)16(10-42-14(5)31)45-25(22(23)34)28(39)9-15(32)20(30)19(24(28)35)26(36)37/h11-13,16-18,21-23,25,30,33-35,39-40H,7-10H2,1-6H3,(H,36,37)/t11-,12-,13-,16+,17-,18+,21+,22+,23+,25+,28+,29-/m0/s1. The molecular weight excluding hydrogens is 618 g/mol. The number of aliphatic hydroxyl groups is 5. The molecular formula is C29H43NO16. The third kappa shape index (κ3) is 6.96. The Labute approximate surface area is 264 Å². The van der Waals surface area contributed by atoms with E-state index in [2.05, 4.69) is 0 Å². The van der Waals surface area contributed by atoms with Crippen LogP contribution in [0.3, 0.4) is 0 Å². The van der Waals surface area contributed by atoms with Gasteiger partial charge >= 0.3 is 17.9 Å². The highest BCUT2D eigenvalue weighted by Gasteiger charge is 2.61. The topological polar surface area (TPSA) is 269 Å². The molecule has 3 aliphatic rings. The average Bonchev–Trinajstić information content (AvgIpc) is 2.98. The van der Waals surface area contributed by atoms with Gasteiger partial charge in [-0.05, 0) is 20.3 Å². The molecule has 0 unspecified atom stereocenters. The third-order valence-corrected chi connectivity index (χ3v) is 8.91. The molecule has 0 aromatic rings. The maximum atomic E-state index is 12.6. The number of esters is 2. The van der Waals surface area contributed by atoms with Crippen molar-refractivity contribution in [2.75, 3.05) is 13.7 Å². The Bertz CT molecular complexity index is 1240. The number of carboxylic acid groups (broad SMARTS) is 1. The van der Waals surface area contributed by atoms with E-state index in [-0.39, 0.29) is 6.42 Å². The Morgan fingerprint density at radius 3 is 2.30 bits per heavy atom.